The topological polar surface area (TPSA) is 32.3 Å². The number of nitrogens with one attached hydrogen (secondary N) is 1. The maximum atomic E-state index is 13.1. The van der Waals surface area contributed by atoms with Crippen LogP contribution in [0.4, 0.5) is 0 Å². The normalized spacial score (nSPS) is 34.5. The van der Waals surface area contributed by atoms with Gasteiger partial charge in [0.15, 0.2) is 0 Å². The number of carbonyl (C=O) groups excluding carboxylic acids is 1. The summed E-state index contributed by atoms with van der Waals surface area (Å²) < 4.78 is 0. The molecule has 0 radical (unpaired) electrons. The van der Waals surface area contributed by atoms with Crippen LogP contribution in [0, 0.1) is 17.8 Å². The molecule has 172 valence electrons. The van der Waals surface area contributed by atoms with Gasteiger partial charge in [-0.3, -0.25) is 9.69 Å². The average molecular weight is 437 g/mol. The fourth-order valence-electron chi connectivity index (χ4n) is 6.21. The summed E-state index contributed by atoms with van der Waals surface area (Å²) >= 11 is 5.21. The summed E-state index contributed by atoms with van der Waals surface area (Å²) in [7, 11) is 0. The van der Waals surface area contributed by atoms with E-state index in [-0.39, 0.29) is 17.5 Å². The lowest BCUT2D eigenvalue weighted by Gasteiger charge is -2.48. The number of fused-ring (bicyclic) bond motifs is 2. The molecule has 0 spiro atoms. The molecule has 3 fully saturated rings. The first-order chi connectivity index (χ1) is 14.3. The Morgan fingerprint density at radius 3 is 2.43 bits per heavy atom. The van der Waals surface area contributed by atoms with Crippen LogP contribution in [0.25, 0.3) is 0 Å². The molecular weight excluding hydrogens is 392 g/mol. The van der Waals surface area contributed by atoms with Crippen molar-refractivity contribution in [2.24, 2.45) is 17.8 Å². The molecule has 2 aliphatic carbocycles. The second-order valence-electron chi connectivity index (χ2n) is 10.3. The number of nitrogens with zero attached hydrogens (tertiary/aromatic N) is 1. The van der Waals surface area contributed by atoms with Gasteiger partial charge in [0.1, 0.15) is 0 Å². The standard InChI is InChI=1S/C22H38N2O.C4H7Cl/c1-5-7-16(2)15-24-9-6-8-20(24)21(25)23-22(4)13-18-10-17(3)11-19(12-18)14-22;1-2-3-4-5/h7,17-20H,5-6,8-15H2,1-4H3,(H,23,25);2-3H,4H2,1H3/b16-7+;3-2-. The number of amides is 1. The van der Waals surface area contributed by atoms with Gasteiger partial charge in [-0.05, 0) is 96.4 Å². The van der Waals surface area contributed by atoms with Crippen molar-refractivity contribution in [3.8, 4) is 0 Å². The summed E-state index contributed by atoms with van der Waals surface area (Å²) in [5.41, 5.74) is 1.42. The summed E-state index contributed by atoms with van der Waals surface area (Å²) in [6, 6.07) is 0.0812. The molecule has 1 aliphatic heterocycles. The van der Waals surface area contributed by atoms with E-state index in [0.717, 1.165) is 50.1 Å². The Labute approximate surface area is 190 Å². The van der Waals surface area contributed by atoms with Gasteiger partial charge in [-0.15, -0.1) is 11.6 Å². The molecule has 0 aromatic heterocycles. The molecule has 4 heteroatoms. The monoisotopic (exact) mass is 436 g/mol. The number of alkyl halides is 1. The number of carbonyl (C=O) groups is 1. The van der Waals surface area contributed by atoms with Crippen LogP contribution in [-0.2, 0) is 4.79 Å². The molecule has 30 heavy (non-hydrogen) atoms. The highest BCUT2D eigenvalue weighted by atomic mass is 35.5. The number of likely N-dealkylation sites (tertiary alicyclic amines) is 1. The number of rotatable bonds is 6. The van der Waals surface area contributed by atoms with Crippen LogP contribution >= 0.6 is 11.6 Å². The maximum Gasteiger partial charge on any atom is 0.237 e. The zero-order valence-corrected chi connectivity index (χ0v) is 20.8. The molecule has 3 unspecified atom stereocenters. The molecule has 3 atom stereocenters. The minimum Gasteiger partial charge on any atom is -0.350 e. The van der Waals surface area contributed by atoms with Gasteiger partial charge in [0.25, 0.3) is 0 Å². The van der Waals surface area contributed by atoms with Crippen LogP contribution < -0.4 is 5.32 Å². The van der Waals surface area contributed by atoms with Crippen LogP contribution in [0.1, 0.15) is 86.0 Å². The van der Waals surface area contributed by atoms with Crippen molar-refractivity contribution in [2.45, 2.75) is 97.6 Å². The number of halogens is 1. The third-order valence-corrected chi connectivity index (χ3v) is 7.22. The van der Waals surface area contributed by atoms with Gasteiger partial charge in [-0.2, -0.15) is 0 Å². The van der Waals surface area contributed by atoms with Gasteiger partial charge in [0, 0.05) is 18.0 Å². The SMILES string of the molecule is C/C=C\CCl.CC/C=C(\C)CN1CCCC1C(=O)NC1(C)CC2CC(C)CC(C2)C1. The van der Waals surface area contributed by atoms with Crippen molar-refractivity contribution in [1.29, 1.82) is 0 Å². The van der Waals surface area contributed by atoms with Crippen molar-refractivity contribution in [2.75, 3.05) is 19.0 Å². The Kier molecular flexibility index (Phi) is 10.4. The lowest BCUT2D eigenvalue weighted by atomic mass is 9.62. The van der Waals surface area contributed by atoms with Crippen LogP contribution in [0.2, 0.25) is 0 Å². The van der Waals surface area contributed by atoms with Crippen LogP contribution in [-0.4, -0.2) is 41.4 Å². The Morgan fingerprint density at radius 2 is 1.90 bits per heavy atom. The van der Waals surface area contributed by atoms with Crippen LogP contribution in [0.3, 0.4) is 0 Å². The highest BCUT2D eigenvalue weighted by Crippen LogP contribution is 2.46. The Balaban J connectivity index is 0.000000575. The Bertz CT molecular complexity index is 582. The van der Waals surface area contributed by atoms with Crippen LogP contribution in [0.5, 0.6) is 0 Å². The summed E-state index contributed by atoms with van der Waals surface area (Å²) in [6.45, 7) is 13.0. The third kappa shape index (κ3) is 7.71. The average Bonchev–Trinajstić information content (AvgIpc) is 3.09. The molecule has 1 N–H and O–H groups in total. The first-order valence-corrected chi connectivity index (χ1v) is 12.7. The second-order valence-corrected chi connectivity index (χ2v) is 10.6. The fourth-order valence-corrected chi connectivity index (χ4v) is 6.38. The summed E-state index contributed by atoms with van der Waals surface area (Å²) in [5, 5.41) is 3.52. The second kappa shape index (κ2) is 12.3. The molecule has 1 saturated heterocycles. The molecule has 3 aliphatic rings. The van der Waals surface area contributed by atoms with E-state index in [2.05, 4.69) is 44.0 Å². The highest BCUT2D eigenvalue weighted by Gasteiger charge is 2.43. The quantitative estimate of drug-likeness (QED) is 0.389. The molecular formula is C26H45ClN2O. The van der Waals surface area contributed by atoms with Crippen LogP contribution in [0.15, 0.2) is 23.8 Å². The first kappa shape index (κ1) is 25.5. The Hall–Kier alpha value is -0.800. The molecule has 1 heterocycles. The Morgan fingerprint density at radius 1 is 1.23 bits per heavy atom. The van der Waals surface area contributed by atoms with E-state index in [1.54, 1.807) is 0 Å². The van der Waals surface area contributed by atoms with Crippen molar-refractivity contribution in [3.63, 3.8) is 0 Å². The summed E-state index contributed by atoms with van der Waals surface area (Å²) in [4.78, 5) is 15.5. The van der Waals surface area contributed by atoms with Crippen molar-refractivity contribution < 1.29 is 4.79 Å². The molecule has 0 aromatic carbocycles. The molecule has 2 saturated carbocycles. The number of hydrogen-bond donors (Lipinski definition) is 1. The predicted octanol–water partition coefficient (Wildman–Crippen LogP) is 6.33. The lowest BCUT2D eigenvalue weighted by molar-refractivity contribution is -0.128. The van der Waals surface area contributed by atoms with E-state index in [1.165, 1.54) is 37.7 Å². The molecule has 1 amide bonds. The van der Waals surface area contributed by atoms with Crippen molar-refractivity contribution >= 4 is 17.5 Å². The smallest absolute Gasteiger partial charge is 0.237 e. The zero-order chi connectivity index (χ0) is 22.1. The van der Waals surface area contributed by atoms with E-state index >= 15 is 0 Å². The van der Waals surface area contributed by atoms with E-state index < -0.39 is 0 Å². The largest absolute Gasteiger partial charge is 0.350 e. The lowest BCUT2D eigenvalue weighted by Crippen LogP contribution is -2.56. The van der Waals surface area contributed by atoms with Gasteiger partial charge < -0.3 is 5.32 Å². The zero-order valence-electron chi connectivity index (χ0n) is 20.1. The minimum absolute atomic E-state index is 0.0212. The van der Waals surface area contributed by atoms with Gasteiger partial charge >= 0.3 is 0 Å². The first-order valence-electron chi connectivity index (χ1n) is 12.2. The number of allylic oxidation sites excluding steroid dienone is 3. The van der Waals surface area contributed by atoms with Gasteiger partial charge in [0.05, 0.1) is 6.04 Å². The summed E-state index contributed by atoms with van der Waals surface area (Å²) in [5.74, 6) is 3.45. The predicted molar refractivity (Wildman–Crippen MR) is 130 cm³/mol. The molecule has 0 aromatic rings. The van der Waals surface area contributed by atoms with Gasteiger partial charge in [0.2, 0.25) is 5.91 Å². The van der Waals surface area contributed by atoms with E-state index in [0.29, 0.717) is 5.88 Å². The molecule has 2 bridgehead atoms. The fraction of sp³-hybridized carbons (Fsp3) is 0.808. The minimum atomic E-state index is 0.0212. The third-order valence-electron chi connectivity index (χ3n) is 7.04. The summed E-state index contributed by atoms with van der Waals surface area (Å²) in [6.07, 6.45) is 15.8. The van der Waals surface area contributed by atoms with E-state index in [4.69, 9.17) is 11.6 Å². The van der Waals surface area contributed by atoms with Gasteiger partial charge in [-0.25, -0.2) is 0 Å². The molecule has 3 rings (SSSR count). The van der Waals surface area contributed by atoms with E-state index in [1.807, 2.05) is 19.1 Å². The number of hydrogen-bond acceptors (Lipinski definition) is 2. The van der Waals surface area contributed by atoms with Crippen molar-refractivity contribution in [1.82, 2.24) is 10.2 Å². The molecule has 3 nitrogen and oxygen atoms in total. The highest BCUT2D eigenvalue weighted by molar-refractivity contribution is 6.18. The maximum absolute atomic E-state index is 13.1. The van der Waals surface area contributed by atoms with Crippen molar-refractivity contribution in [3.05, 3.63) is 23.8 Å². The van der Waals surface area contributed by atoms with Gasteiger partial charge in [-0.1, -0.05) is 37.6 Å². The van der Waals surface area contributed by atoms with E-state index in [9.17, 15) is 4.79 Å².